The van der Waals surface area contributed by atoms with E-state index in [-0.39, 0.29) is 23.8 Å². The van der Waals surface area contributed by atoms with Crippen LogP contribution in [0.4, 0.5) is 0 Å². The molecule has 1 aromatic carbocycles. The highest BCUT2D eigenvalue weighted by Crippen LogP contribution is 2.19. The van der Waals surface area contributed by atoms with Crippen LogP contribution in [0.1, 0.15) is 20.4 Å². The molecule has 0 radical (unpaired) electrons. The quantitative estimate of drug-likeness (QED) is 0.334. The number of thiophene rings is 1. The summed E-state index contributed by atoms with van der Waals surface area (Å²) in [5, 5.41) is 21.9. The number of imidazole rings is 1. The first-order chi connectivity index (χ1) is 13.5. The molecule has 1 amide bonds. The molecule has 0 saturated carbocycles. The number of aromatic amines is 1. The number of fused-ring (bicyclic) bond motifs is 1. The molecule has 142 valence electrons. The second-order valence-corrected chi connectivity index (χ2v) is 7.08. The number of allylic oxidation sites excluding steroid dienone is 1. The van der Waals surface area contributed by atoms with E-state index in [0.29, 0.717) is 15.9 Å². The number of hydrogen-bond acceptors (Lipinski definition) is 7. The van der Waals surface area contributed by atoms with Crippen LogP contribution in [0.5, 0.6) is 0 Å². The summed E-state index contributed by atoms with van der Waals surface area (Å²) < 4.78 is 4.92. The van der Waals surface area contributed by atoms with Gasteiger partial charge in [0.1, 0.15) is 24.8 Å². The van der Waals surface area contributed by atoms with Gasteiger partial charge in [-0.05, 0) is 31.2 Å². The molecular formula is C19H16N4O4S. The van der Waals surface area contributed by atoms with Gasteiger partial charge in [-0.3, -0.25) is 9.59 Å². The Hall–Kier alpha value is -3.64. The predicted octanol–water partition coefficient (Wildman–Crippen LogP) is 2.70. The Morgan fingerprint density at radius 1 is 1.32 bits per heavy atom. The molecular weight excluding hydrogens is 380 g/mol. The first kappa shape index (κ1) is 19.1. The van der Waals surface area contributed by atoms with E-state index in [9.17, 15) is 20.0 Å². The van der Waals surface area contributed by atoms with Crippen molar-refractivity contribution >= 4 is 39.8 Å². The Morgan fingerprint density at radius 2 is 2.11 bits per heavy atom. The van der Waals surface area contributed by atoms with E-state index in [1.54, 1.807) is 24.3 Å². The van der Waals surface area contributed by atoms with Gasteiger partial charge in [0.15, 0.2) is 11.6 Å². The SMILES string of the molecule is Cc1ccc(C(=O)NCC(=O)OCC(O)=C(C#N)c2nc3ccccc3[nH]2)s1. The molecule has 0 saturated heterocycles. The van der Waals surface area contributed by atoms with E-state index in [2.05, 4.69) is 15.3 Å². The van der Waals surface area contributed by atoms with E-state index in [4.69, 9.17) is 4.74 Å². The standard InChI is InChI=1S/C19H16N4O4S/c1-11-6-7-16(28-11)19(26)21-9-17(25)27-10-15(24)12(8-20)18-22-13-4-2-3-5-14(13)23-18/h2-7,24H,9-10H2,1H3,(H,21,26)(H,22,23). The number of hydrogen-bond donors (Lipinski definition) is 3. The summed E-state index contributed by atoms with van der Waals surface area (Å²) in [6.07, 6.45) is 0. The third-order valence-corrected chi connectivity index (χ3v) is 4.75. The average molecular weight is 396 g/mol. The predicted molar refractivity (Wildman–Crippen MR) is 104 cm³/mol. The number of H-pyrrole nitrogens is 1. The maximum Gasteiger partial charge on any atom is 0.325 e. The van der Waals surface area contributed by atoms with Crippen molar-refractivity contribution in [3.63, 3.8) is 0 Å². The van der Waals surface area contributed by atoms with Gasteiger partial charge in [-0.25, -0.2) is 4.98 Å². The molecule has 2 aromatic heterocycles. The Kier molecular flexibility index (Phi) is 5.72. The van der Waals surface area contributed by atoms with Crippen molar-refractivity contribution in [2.75, 3.05) is 13.2 Å². The maximum atomic E-state index is 11.9. The largest absolute Gasteiger partial charge is 0.507 e. The number of aryl methyl sites for hydroxylation is 1. The van der Waals surface area contributed by atoms with Gasteiger partial charge >= 0.3 is 5.97 Å². The van der Waals surface area contributed by atoms with Crippen LogP contribution in [-0.2, 0) is 9.53 Å². The van der Waals surface area contributed by atoms with Crippen LogP contribution in [-0.4, -0.2) is 40.1 Å². The summed E-state index contributed by atoms with van der Waals surface area (Å²) in [4.78, 5) is 32.3. The van der Waals surface area contributed by atoms with Crippen LogP contribution < -0.4 is 5.32 Å². The highest BCUT2D eigenvalue weighted by molar-refractivity contribution is 7.13. The zero-order valence-electron chi connectivity index (χ0n) is 14.9. The molecule has 9 heteroatoms. The summed E-state index contributed by atoms with van der Waals surface area (Å²) in [6, 6.07) is 12.5. The van der Waals surface area contributed by atoms with Crippen LogP contribution in [0.25, 0.3) is 16.6 Å². The van der Waals surface area contributed by atoms with Crippen molar-refractivity contribution in [2.45, 2.75) is 6.92 Å². The Bertz CT molecular complexity index is 1070. The number of carbonyl (C=O) groups excluding carboxylic acids is 2. The molecule has 8 nitrogen and oxygen atoms in total. The van der Waals surface area contributed by atoms with Crippen LogP contribution >= 0.6 is 11.3 Å². The molecule has 28 heavy (non-hydrogen) atoms. The molecule has 0 aliphatic rings. The van der Waals surface area contributed by atoms with E-state index in [1.807, 2.05) is 25.1 Å². The monoisotopic (exact) mass is 396 g/mol. The van der Waals surface area contributed by atoms with Crippen LogP contribution in [0, 0.1) is 18.3 Å². The Labute approximate surface area is 164 Å². The van der Waals surface area contributed by atoms with Crippen molar-refractivity contribution in [1.82, 2.24) is 15.3 Å². The van der Waals surface area contributed by atoms with Gasteiger partial charge < -0.3 is 20.1 Å². The normalized spacial score (nSPS) is 11.6. The number of para-hydroxylation sites is 2. The minimum atomic E-state index is -0.741. The van der Waals surface area contributed by atoms with Gasteiger partial charge in [0.25, 0.3) is 5.91 Å². The molecule has 3 rings (SSSR count). The number of aliphatic hydroxyl groups is 1. The minimum Gasteiger partial charge on any atom is -0.507 e. The second-order valence-electron chi connectivity index (χ2n) is 5.79. The number of esters is 1. The van der Waals surface area contributed by atoms with Crippen molar-refractivity contribution in [2.24, 2.45) is 0 Å². The van der Waals surface area contributed by atoms with Gasteiger partial charge in [0.05, 0.1) is 15.9 Å². The third-order valence-electron chi connectivity index (χ3n) is 3.75. The van der Waals surface area contributed by atoms with Crippen molar-refractivity contribution in [3.05, 3.63) is 57.7 Å². The van der Waals surface area contributed by atoms with Gasteiger partial charge in [-0.15, -0.1) is 11.3 Å². The number of nitrogens with zero attached hydrogens (tertiary/aromatic N) is 2. The lowest BCUT2D eigenvalue weighted by Gasteiger charge is -2.06. The number of aromatic nitrogens is 2. The maximum absolute atomic E-state index is 11.9. The van der Waals surface area contributed by atoms with Gasteiger partial charge in [0.2, 0.25) is 0 Å². The van der Waals surface area contributed by atoms with Crippen LogP contribution in [0.2, 0.25) is 0 Å². The number of carbonyl (C=O) groups is 2. The lowest BCUT2D eigenvalue weighted by Crippen LogP contribution is -2.30. The van der Waals surface area contributed by atoms with E-state index >= 15 is 0 Å². The molecule has 0 fully saturated rings. The second kappa shape index (κ2) is 8.37. The van der Waals surface area contributed by atoms with Gasteiger partial charge in [0, 0.05) is 4.88 Å². The summed E-state index contributed by atoms with van der Waals surface area (Å²) in [5.41, 5.74) is 1.23. The fraction of sp³-hybridized carbons (Fsp3) is 0.158. The number of nitrogens with one attached hydrogen (secondary N) is 2. The van der Waals surface area contributed by atoms with Gasteiger partial charge in [-0.1, -0.05) is 12.1 Å². The summed E-state index contributed by atoms with van der Waals surface area (Å²) >= 11 is 1.31. The van der Waals surface area contributed by atoms with Crippen molar-refractivity contribution < 1.29 is 19.4 Å². The number of nitriles is 1. The van der Waals surface area contributed by atoms with Gasteiger partial charge in [-0.2, -0.15) is 5.26 Å². The smallest absolute Gasteiger partial charge is 0.325 e. The topological polar surface area (TPSA) is 128 Å². The van der Waals surface area contributed by atoms with Crippen molar-refractivity contribution in [1.29, 1.82) is 5.26 Å². The Morgan fingerprint density at radius 3 is 2.79 bits per heavy atom. The fourth-order valence-electron chi connectivity index (χ4n) is 2.39. The van der Waals surface area contributed by atoms with E-state index in [1.165, 1.54) is 11.3 Å². The summed E-state index contributed by atoms with van der Waals surface area (Å²) in [7, 11) is 0. The summed E-state index contributed by atoms with van der Waals surface area (Å²) in [5.74, 6) is -1.38. The van der Waals surface area contributed by atoms with Crippen molar-refractivity contribution in [3.8, 4) is 6.07 Å². The van der Waals surface area contributed by atoms with Crippen LogP contribution in [0.3, 0.4) is 0 Å². The number of aliphatic hydroxyl groups excluding tert-OH is 1. The molecule has 3 N–H and O–H groups in total. The van der Waals surface area contributed by atoms with E-state index in [0.717, 1.165) is 4.88 Å². The fourth-order valence-corrected chi connectivity index (χ4v) is 3.18. The average Bonchev–Trinajstić information content (AvgIpc) is 3.31. The first-order valence-corrected chi connectivity index (χ1v) is 9.07. The molecule has 3 aromatic rings. The van der Waals surface area contributed by atoms with Crippen LogP contribution in [0.15, 0.2) is 42.2 Å². The number of ether oxygens (including phenoxy) is 1. The van der Waals surface area contributed by atoms with E-state index < -0.39 is 18.3 Å². The number of benzene rings is 1. The molecule has 0 bridgehead atoms. The lowest BCUT2D eigenvalue weighted by molar-refractivity contribution is -0.142. The molecule has 0 spiro atoms. The zero-order valence-corrected chi connectivity index (χ0v) is 15.7. The lowest BCUT2D eigenvalue weighted by atomic mass is 10.2. The highest BCUT2D eigenvalue weighted by atomic mass is 32.1. The molecule has 0 unspecified atom stereocenters. The summed E-state index contributed by atoms with van der Waals surface area (Å²) in [6.45, 7) is 1.02. The molecule has 2 heterocycles. The minimum absolute atomic E-state index is 0.123. The zero-order chi connectivity index (χ0) is 20.1. The molecule has 0 aliphatic heterocycles. The number of rotatable bonds is 6. The first-order valence-electron chi connectivity index (χ1n) is 8.25. The third kappa shape index (κ3) is 4.36. The highest BCUT2D eigenvalue weighted by Gasteiger charge is 2.16. The number of amides is 1. The Balaban J connectivity index is 1.59. The molecule has 0 aliphatic carbocycles. The molecule has 0 atom stereocenters.